The number of imidazole rings is 1. The number of ether oxygens (including phenoxy) is 3. The second-order valence-electron chi connectivity index (χ2n) is 7.75. The number of methoxy groups -OCH3 is 1. The number of rotatable bonds is 6. The van der Waals surface area contributed by atoms with Crippen molar-refractivity contribution in [3.63, 3.8) is 0 Å². The number of nitrogens with one attached hydrogen (secondary N) is 1. The monoisotopic (exact) mass is 456 g/mol. The highest BCUT2D eigenvalue weighted by Crippen LogP contribution is 2.41. The van der Waals surface area contributed by atoms with Gasteiger partial charge in [-0.15, -0.1) is 0 Å². The van der Waals surface area contributed by atoms with E-state index in [1.54, 1.807) is 12.1 Å². The van der Waals surface area contributed by atoms with Gasteiger partial charge in [-0.2, -0.15) is 0 Å². The van der Waals surface area contributed by atoms with Crippen LogP contribution in [0.2, 0.25) is 0 Å². The Bertz CT molecular complexity index is 1160. The van der Waals surface area contributed by atoms with Crippen molar-refractivity contribution in [3.05, 3.63) is 24.0 Å². The maximum atomic E-state index is 12.5. The molecular weight excluding hydrogens is 432 g/mol. The number of esters is 1. The molecule has 3 N–H and O–H groups in total. The number of aromatic nitrogens is 4. The second kappa shape index (κ2) is 8.83. The quantitative estimate of drug-likeness (QED) is 0.534. The summed E-state index contributed by atoms with van der Waals surface area (Å²) in [5.41, 5.74) is 7.72. The van der Waals surface area contributed by atoms with Gasteiger partial charge in [0.1, 0.15) is 6.33 Å². The summed E-state index contributed by atoms with van der Waals surface area (Å²) in [4.78, 5) is 26.4. The molecule has 1 fully saturated rings. The van der Waals surface area contributed by atoms with Gasteiger partial charge in [-0.3, -0.25) is 0 Å². The molecule has 2 aromatic heterocycles. The predicted octanol–water partition coefficient (Wildman–Crippen LogP) is 2.46. The average molecular weight is 457 g/mol. The minimum atomic E-state index is -0.456. The van der Waals surface area contributed by atoms with Crippen molar-refractivity contribution in [2.45, 2.75) is 35.9 Å². The zero-order valence-corrected chi connectivity index (χ0v) is 18.5. The second-order valence-corrected chi connectivity index (χ2v) is 8.76. The molecule has 168 valence electrons. The van der Waals surface area contributed by atoms with Crippen LogP contribution in [0, 0.1) is 5.92 Å². The van der Waals surface area contributed by atoms with E-state index < -0.39 is 5.97 Å². The van der Waals surface area contributed by atoms with Crippen LogP contribution in [0.15, 0.2) is 28.5 Å². The molecule has 2 aliphatic heterocycles. The van der Waals surface area contributed by atoms with Gasteiger partial charge in [-0.1, -0.05) is 11.8 Å². The Hall–Kier alpha value is -3.05. The summed E-state index contributed by atoms with van der Waals surface area (Å²) in [6, 6.07) is 3.43. The van der Waals surface area contributed by atoms with Crippen LogP contribution in [-0.4, -0.2) is 52.5 Å². The number of hydrogen-bond acceptors (Lipinski definition) is 10. The van der Waals surface area contributed by atoms with E-state index in [-0.39, 0.29) is 6.79 Å². The summed E-state index contributed by atoms with van der Waals surface area (Å²) in [5.74, 6) is 1.61. The van der Waals surface area contributed by atoms with Crippen molar-refractivity contribution in [2.24, 2.45) is 5.92 Å². The molecule has 0 saturated carbocycles. The number of hydrogen-bond donors (Lipinski definition) is 2. The van der Waals surface area contributed by atoms with Gasteiger partial charge in [0.25, 0.3) is 0 Å². The van der Waals surface area contributed by atoms with Gasteiger partial charge in [-0.25, -0.2) is 19.7 Å². The van der Waals surface area contributed by atoms with Gasteiger partial charge >= 0.3 is 5.97 Å². The lowest BCUT2D eigenvalue weighted by molar-refractivity contribution is 0.0596. The fourth-order valence-corrected chi connectivity index (χ4v) is 5.11. The van der Waals surface area contributed by atoms with Gasteiger partial charge in [0, 0.05) is 11.4 Å². The van der Waals surface area contributed by atoms with Crippen molar-refractivity contribution >= 4 is 34.7 Å². The van der Waals surface area contributed by atoms with Crippen LogP contribution in [0.4, 0.5) is 5.82 Å². The molecule has 0 aliphatic carbocycles. The lowest BCUT2D eigenvalue weighted by Crippen LogP contribution is -2.28. The zero-order chi connectivity index (χ0) is 22.1. The van der Waals surface area contributed by atoms with E-state index in [9.17, 15) is 4.79 Å². The number of benzene rings is 1. The Balaban J connectivity index is 1.52. The molecule has 0 spiro atoms. The van der Waals surface area contributed by atoms with Crippen LogP contribution in [0.5, 0.6) is 11.5 Å². The standard InChI is InChI=1S/C21H24N6O4S/c1-29-20(28)13-8-14-15(31-11-30-14)9-16(13)32-21-26-17-18(22)24-10-25-19(17)27(21)7-4-12-2-5-23-6-3-12/h8-10,12,23H,2-7,11H2,1H3,(H2,22,24,25). The Morgan fingerprint density at radius 2 is 2.06 bits per heavy atom. The minimum Gasteiger partial charge on any atom is -0.465 e. The molecule has 0 bridgehead atoms. The summed E-state index contributed by atoms with van der Waals surface area (Å²) < 4.78 is 18.0. The van der Waals surface area contributed by atoms with Crippen molar-refractivity contribution in [3.8, 4) is 11.5 Å². The van der Waals surface area contributed by atoms with Crippen LogP contribution in [-0.2, 0) is 11.3 Å². The Kier molecular flexibility index (Phi) is 5.75. The van der Waals surface area contributed by atoms with Crippen LogP contribution < -0.4 is 20.5 Å². The third kappa shape index (κ3) is 3.93. The first kappa shape index (κ1) is 20.8. The largest absolute Gasteiger partial charge is 0.465 e. The Morgan fingerprint density at radius 1 is 1.28 bits per heavy atom. The average Bonchev–Trinajstić information content (AvgIpc) is 3.42. The van der Waals surface area contributed by atoms with Gasteiger partial charge in [-0.05, 0) is 50.4 Å². The first-order valence-corrected chi connectivity index (χ1v) is 11.3. The third-order valence-electron chi connectivity index (χ3n) is 5.83. The van der Waals surface area contributed by atoms with Crippen molar-refractivity contribution in [2.75, 3.05) is 32.7 Å². The van der Waals surface area contributed by atoms with E-state index in [1.807, 2.05) is 0 Å². The number of carbonyl (C=O) groups is 1. The van der Waals surface area contributed by atoms with Crippen LogP contribution in [0.1, 0.15) is 29.6 Å². The highest BCUT2D eigenvalue weighted by molar-refractivity contribution is 7.99. The van der Waals surface area contributed by atoms with Crippen LogP contribution >= 0.6 is 11.8 Å². The molecule has 3 aromatic rings. The molecule has 32 heavy (non-hydrogen) atoms. The fourth-order valence-electron chi connectivity index (χ4n) is 4.07. The maximum absolute atomic E-state index is 12.5. The van der Waals surface area contributed by atoms with Crippen molar-refractivity contribution < 1.29 is 19.0 Å². The normalized spacial score (nSPS) is 15.9. The van der Waals surface area contributed by atoms with Gasteiger partial charge in [0.15, 0.2) is 33.6 Å². The lowest BCUT2D eigenvalue weighted by atomic mass is 9.95. The van der Waals surface area contributed by atoms with E-state index in [1.165, 1.54) is 25.2 Å². The third-order valence-corrected chi connectivity index (χ3v) is 6.88. The molecule has 5 rings (SSSR count). The molecule has 11 heteroatoms. The summed E-state index contributed by atoms with van der Waals surface area (Å²) in [6.07, 6.45) is 4.77. The molecule has 1 saturated heterocycles. The Morgan fingerprint density at radius 3 is 2.84 bits per heavy atom. The topological polar surface area (TPSA) is 126 Å². The number of piperidine rings is 1. The molecule has 0 amide bonds. The van der Waals surface area contributed by atoms with Gasteiger partial charge in [0.05, 0.1) is 12.7 Å². The molecule has 0 unspecified atom stereocenters. The number of nitrogens with zero attached hydrogens (tertiary/aromatic N) is 4. The molecular formula is C21H24N6O4S. The van der Waals surface area contributed by atoms with E-state index in [2.05, 4.69) is 19.9 Å². The Labute approximate surface area is 188 Å². The van der Waals surface area contributed by atoms with Crippen molar-refractivity contribution in [1.29, 1.82) is 0 Å². The maximum Gasteiger partial charge on any atom is 0.339 e. The summed E-state index contributed by atoms with van der Waals surface area (Å²) in [5, 5.41) is 4.09. The van der Waals surface area contributed by atoms with E-state index in [0.29, 0.717) is 50.0 Å². The van der Waals surface area contributed by atoms with Crippen LogP contribution in [0.25, 0.3) is 11.2 Å². The summed E-state index contributed by atoms with van der Waals surface area (Å²) in [6.45, 7) is 2.96. The molecule has 0 atom stereocenters. The number of nitrogen functional groups attached to an aromatic ring is 1. The van der Waals surface area contributed by atoms with E-state index in [0.717, 1.165) is 38.9 Å². The smallest absolute Gasteiger partial charge is 0.339 e. The number of carbonyl (C=O) groups excluding carboxylic acids is 1. The number of fused-ring (bicyclic) bond motifs is 2. The highest BCUT2D eigenvalue weighted by Gasteiger charge is 2.25. The molecule has 4 heterocycles. The molecule has 0 radical (unpaired) electrons. The first-order valence-electron chi connectivity index (χ1n) is 10.5. The summed E-state index contributed by atoms with van der Waals surface area (Å²) >= 11 is 1.35. The minimum absolute atomic E-state index is 0.116. The predicted molar refractivity (Wildman–Crippen MR) is 118 cm³/mol. The van der Waals surface area contributed by atoms with Gasteiger partial charge in [0.2, 0.25) is 6.79 Å². The number of nitrogens with two attached hydrogens (primary N) is 1. The molecule has 2 aliphatic rings. The van der Waals surface area contributed by atoms with E-state index in [4.69, 9.17) is 24.9 Å². The first-order chi connectivity index (χ1) is 15.6. The SMILES string of the molecule is COC(=O)c1cc2c(cc1Sc1nc3c(N)ncnc3n1CCC1CCNCC1)OCO2. The number of aryl methyl sites for hydroxylation is 1. The van der Waals surface area contributed by atoms with Crippen LogP contribution in [0.3, 0.4) is 0 Å². The van der Waals surface area contributed by atoms with E-state index >= 15 is 0 Å². The van der Waals surface area contributed by atoms with Crippen molar-refractivity contribution in [1.82, 2.24) is 24.8 Å². The lowest BCUT2D eigenvalue weighted by Gasteiger charge is -2.23. The van der Waals surface area contributed by atoms with Gasteiger partial charge < -0.3 is 29.8 Å². The molecule has 1 aromatic carbocycles. The number of anilines is 1. The highest BCUT2D eigenvalue weighted by atomic mass is 32.2. The molecule has 10 nitrogen and oxygen atoms in total. The fraction of sp³-hybridized carbons (Fsp3) is 0.429. The summed E-state index contributed by atoms with van der Waals surface area (Å²) in [7, 11) is 1.35. The zero-order valence-electron chi connectivity index (χ0n) is 17.7.